The van der Waals surface area contributed by atoms with E-state index in [0.717, 1.165) is 12.8 Å². The van der Waals surface area contributed by atoms with E-state index < -0.39 is 5.41 Å². The van der Waals surface area contributed by atoms with E-state index in [9.17, 15) is 15.3 Å². The number of hydrogen-bond donors (Lipinski definition) is 3. The monoisotopic (exact) mass is 342 g/mol. The largest absolute Gasteiger partial charge is 0.396 e. The van der Waals surface area contributed by atoms with Crippen LogP contribution in [0.25, 0.3) is 0 Å². The summed E-state index contributed by atoms with van der Waals surface area (Å²) < 4.78 is 0. The summed E-state index contributed by atoms with van der Waals surface area (Å²) in [5.74, 6) is 0. The first kappa shape index (κ1) is 23.6. The van der Waals surface area contributed by atoms with Crippen LogP contribution in [0.1, 0.15) is 96.3 Å². The van der Waals surface area contributed by atoms with E-state index in [4.69, 9.17) is 0 Å². The van der Waals surface area contributed by atoms with Gasteiger partial charge >= 0.3 is 0 Å². The molecular formula is C21H42O3. The van der Waals surface area contributed by atoms with Gasteiger partial charge in [0, 0.05) is 5.41 Å². The van der Waals surface area contributed by atoms with Crippen molar-refractivity contribution in [1.82, 2.24) is 0 Å². The maximum atomic E-state index is 9.27. The van der Waals surface area contributed by atoms with Crippen LogP contribution < -0.4 is 0 Å². The fraction of sp³-hybridized carbons (Fsp3) is 0.905. The topological polar surface area (TPSA) is 60.7 Å². The molecule has 0 aliphatic carbocycles. The summed E-state index contributed by atoms with van der Waals surface area (Å²) in [6, 6.07) is 0. The van der Waals surface area contributed by atoms with Crippen LogP contribution in [0.3, 0.4) is 0 Å². The number of hydrogen-bond acceptors (Lipinski definition) is 3. The van der Waals surface area contributed by atoms with Gasteiger partial charge in [-0.1, -0.05) is 83.1 Å². The molecule has 0 radical (unpaired) electrons. The minimum atomic E-state index is -0.675. The second-order valence-corrected chi connectivity index (χ2v) is 7.40. The molecule has 0 unspecified atom stereocenters. The van der Waals surface area contributed by atoms with Crippen molar-refractivity contribution in [3.8, 4) is 0 Å². The summed E-state index contributed by atoms with van der Waals surface area (Å²) >= 11 is 0. The van der Waals surface area contributed by atoms with Crippen LogP contribution in [0.4, 0.5) is 0 Å². The van der Waals surface area contributed by atoms with Gasteiger partial charge in [0.25, 0.3) is 0 Å². The molecule has 0 aliphatic rings. The molecule has 0 amide bonds. The van der Waals surface area contributed by atoms with Gasteiger partial charge in [-0.3, -0.25) is 0 Å². The minimum Gasteiger partial charge on any atom is -0.396 e. The molecule has 0 aliphatic heterocycles. The lowest BCUT2D eigenvalue weighted by Gasteiger charge is -2.27. The second-order valence-electron chi connectivity index (χ2n) is 7.40. The molecule has 24 heavy (non-hydrogen) atoms. The van der Waals surface area contributed by atoms with Crippen molar-refractivity contribution in [3.05, 3.63) is 12.7 Å². The van der Waals surface area contributed by atoms with E-state index in [1.165, 1.54) is 77.0 Å². The highest BCUT2D eigenvalue weighted by Gasteiger charge is 2.26. The maximum Gasteiger partial charge on any atom is 0.0531 e. The lowest BCUT2D eigenvalue weighted by atomic mass is 9.85. The maximum absolute atomic E-state index is 9.27. The Morgan fingerprint density at radius 2 is 0.875 bits per heavy atom. The smallest absolute Gasteiger partial charge is 0.0531 e. The zero-order chi connectivity index (χ0) is 17.9. The highest BCUT2D eigenvalue weighted by atomic mass is 16.3. The van der Waals surface area contributed by atoms with Gasteiger partial charge in [0.1, 0.15) is 0 Å². The number of aliphatic hydroxyl groups excluding tert-OH is 3. The van der Waals surface area contributed by atoms with Gasteiger partial charge in [0.15, 0.2) is 0 Å². The Morgan fingerprint density at radius 1 is 0.542 bits per heavy atom. The average molecular weight is 343 g/mol. The van der Waals surface area contributed by atoms with Crippen LogP contribution in [0, 0.1) is 5.41 Å². The highest BCUT2D eigenvalue weighted by molar-refractivity contribution is 4.76. The van der Waals surface area contributed by atoms with Crippen molar-refractivity contribution in [2.75, 3.05) is 19.8 Å². The molecular weight excluding hydrogens is 300 g/mol. The second kappa shape index (κ2) is 17.4. The van der Waals surface area contributed by atoms with Gasteiger partial charge in [0.2, 0.25) is 0 Å². The van der Waals surface area contributed by atoms with Crippen LogP contribution in [-0.4, -0.2) is 35.1 Å². The molecule has 144 valence electrons. The van der Waals surface area contributed by atoms with Gasteiger partial charge in [-0.25, -0.2) is 0 Å². The number of unbranched alkanes of at least 4 members (excludes halogenated alkanes) is 13. The van der Waals surface area contributed by atoms with Gasteiger partial charge in [-0.2, -0.15) is 0 Å². The molecule has 0 heterocycles. The predicted octanol–water partition coefficient (Wildman–Crippen LogP) is 4.99. The van der Waals surface area contributed by atoms with E-state index in [1.807, 2.05) is 6.08 Å². The van der Waals surface area contributed by atoms with E-state index in [1.54, 1.807) is 0 Å². The van der Waals surface area contributed by atoms with Crippen molar-refractivity contribution in [3.63, 3.8) is 0 Å². The van der Waals surface area contributed by atoms with Crippen molar-refractivity contribution < 1.29 is 15.3 Å². The van der Waals surface area contributed by atoms with E-state index in [2.05, 4.69) is 6.58 Å². The molecule has 0 fully saturated rings. The molecule has 0 aromatic heterocycles. The van der Waals surface area contributed by atoms with E-state index >= 15 is 0 Å². The van der Waals surface area contributed by atoms with Gasteiger partial charge in [-0.15, -0.1) is 6.58 Å². The van der Waals surface area contributed by atoms with Crippen LogP contribution in [-0.2, 0) is 0 Å². The fourth-order valence-electron chi connectivity index (χ4n) is 3.12. The summed E-state index contributed by atoms with van der Waals surface area (Å²) in [4.78, 5) is 0. The van der Waals surface area contributed by atoms with Crippen molar-refractivity contribution in [2.45, 2.75) is 96.3 Å². The third kappa shape index (κ3) is 13.0. The van der Waals surface area contributed by atoms with Crippen LogP contribution in [0.15, 0.2) is 12.7 Å². The zero-order valence-corrected chi connectivity index (χ0v) is 15.9. The van der Waals surface area contributed by atoms with Crippen LogP contribution >= 0.6 is 0 Å². The Hall–Kier alpha value is -0.380. The summed E-state index contributed by atoms with van der Waals surface area (Å²) in [5, 5.41) is 27.8. The van der Waals surface area contributed by atoms with Crippen molar-refractivity contribution in [1.29, 1.82) is 0 Å². The molecule has 0 rings (SSSR count). The van der Waals surface area contributed by atoms with Gasteiger partial charge in [-0.05, 0) is 19.3 Å². The summed E-state index contributed by atoms with van der Waals surface area (Å²) in [6.45, 7) is 3.36. The molecule has 0 bridgehead atoms. The van der Waals surface area contributed by atoms with Gasteiger partial charge in [0.05, 0.1) is 19.8 Å². The summed E-state index contributed by atoms with van der Waals surface area (Å²) in [6.07, 6.45) is 20.8. The third-order valence-corrected chi connectivity index (χ3v) is 5.12. The molecule has 0 aromatic rings. The third-order valence-electron chi connectivity index (χ3n) is 5.12. The lowest BCUT2D eigenvalue weighted by Crippen LogP contribution is -2.33. The molecule has 3 nitrogen and oxygen atoms in total. The van der Waals surface area contributed by atoms with Crippen LogP contribution in [0.5, 0.6) is 0 Å². The van der Waals surface area contributed by atoms with Gasteiger partial charge < -0.3 is 15.3 Å². The Morgan fingerprint density at radius 3 is 1.21 bits per heavy atom. The highest BCUT2D eigenvalue weighted by Crippen LogP contribution is 2.24. The molecule has 3 N–H and O–H groups in total. The van der Waals surface area contributed by atoms with Crippen LogP contribution in [0.2, 0.25) is 0 Å². The Balaban J connectivity index is 3.24. The first-order chi connectivity index (χ1) is 11.7. The van der Waals surface area contributed by atoms with E-state index in [-0.39, 0.29) is 19.8 Å². The number of aliphatic hydroxyl groups is 3. The normalized spacial score (nSPS) is 11.8. The lowest BCUT2D eigenvalue weighted by molar-refractivity contribution is -0.00230. The molecule has 0 spiro atoms. The molecule has 3 heteroatoms. The standard InChI is InChI=1S/C21H42O3/c1-2-3-4-5-6-7-8-9-10-11-12-13-14-15-16-17-21(18-22,19-23)20-24/h2,22-24H,1,3-20H2. The molecule has 0 saturated carbocycles. The van der Waals surface area contributed by atoms with E-state index in [0.29, 0.717) is 6.42 Å². The molecule has 0 saturated heterocycles. The van der Waals surface area contributed by atoms with Crippen molar-refractivity contribution >= 4 is 0 Å². The average Bonchev–Trinajstić information content (AvgIpc) is 2.62. The summed E-state index contributed by atoms with van der Waals surface area (Å²) in [5.41, 5.74) is -0.675. The number of rotatable bonds is 19. The predicted molar refractivity (Wildman–Crippen MR) is 103 cm³/mol. The Bertz CT molecular complexity index is 254. The fourth-order valence-corrected chi connectivity index (χ4v) is 3.12. The molecule has 0 atom stereocenters. The quantitative estimate of drug-likeness (QED) is 0.229. The summed E-state index contributed by atoms with van der Waals surface area (Å²) in [7, 11) is 0. The first-order valence-electron chi connectivity index (χ1n) is 10.2. The van der Waals surface area contributed by atoms with Crippen molar-refractivity contribution in [2.24, 2.45) is 5.41 Å². The first-order valence-corrected chi connectivity index (χ1v) is 10.2. The molecule has 0 aromatic carbocycles. The Kier molecular flexibility index (Phi) is 17.2. The Labute approximate surface area is 150 Å². The minimum absolute atomic E-state index is 0.131. The number of allylic oxidation sites excluding steroid dienone is 1. The SMILES string of the molecule is C=CCCCCCCCCCCCCCCCC(CO)(CO)CO. The zero-order valence-electron chi connectivity index (χ0n) is 15.9.